The molecule has 0 nitrogen and oxygen atoms in total. The molecule has 1 heterocycles. The molecule has 0 amide bonds. The third-order valence-electron chi connectivity index (χ3n) is 1.45. The lowest BCUT2D eigenvalue weighted by molar-refractivity contribution is 1.87. The van der Waals surface area contributed by atoms with Crippen LogP contribution in [-0.4, -0.2) is 0 Å². The van der Waals surface area contributed by atoms with Gasteiger partial charge in [0.05, 0.1) is 0 Å². The number of allylic oxidation sites excluding steroid dienone is 2. The van der Waals surface area contributed by atoms with Gasteiger partial charge in [0.15, 0.2) is 0 Å². The third kappa shape index (κ3) is 0.583. The molecule has 0 atom stereocenters. The molecule has 0 bridgehead atoms. The SMILES string of the molecule is C=C1C=Cc2ccsc21. The molecule has 0 unspecified atom stereocenters. The largest absolute Gasteiger partial charge is 0.143 e. The smallest absolute Gasteiger partial charge is 0.0409 e. The van der Waals surface area contributed by atoms with Crippen LogP contribution in [0.25, 0.3) is 11.6 Å². The van der Waals surface area contributed by atoms with E-state index in [-0.39, 0.29) is 0 Å². The summed E-state index contributed by atoms with van der Waals surface area (Å²) in [5.41, 5.74) is 2.48. The van der Waals surface area contributed by atoms with Gasteiger partial charge in [0.25, 0.3) is 0 Å². The van der Waals surface area contributed by atoms with Gasteiger partial charge in [0, 0.05) is 4.88 Å². The molecule has 0 spiro atoms. The van der Waals surface area contributed by atoms with Crippen molar-refractivity contribution in [2.45, 2.75) is 0 Å². The van der Waals surface area contributed by atoms with Gasteiger partial charge < -0.3 is 0 Å². The molecular formula is C8H6S. The normalized spacial score (nSPS) is 14.4. The van der Waals surface area contributed by atoms with E-state index in [2.05, 4.69) is 30.2 Å². The Bertz CT molecular complexity index is 279. The second kappa shape index (κ2) is 1.58. The van der Waals surface area contributed by atoms with Crippen LogP contribution in [0.1, 0.15) is 10.4 Å². The van der Waals surface area contributed by atoms with E-state index in [1.54, 1.807) is 11.3 Å². The standard InChI is InChI=1S/C8H6S/c1-6-2-3-7-4-5-9-8(6)7/h2-5H,1H2. The Morgan fingerprint density at radius 3 is 3.00 bits per heavy atom. The van der Waals surface area contributed by atoms with Gasteiger partial charge in [-0.1, -0.05) is 18.7 Å². The van der Waals surface area contributed by atoms with Gasteiger partial charge in [-0.05, 0) is 22.6 Å². The van der Waals surface area contributed by atoms with E-state index in [0.29, 0.717) is 0 Å². The third-order valence-corrected chi connectivity index (χ3v) is 2.46. The molecule has 1 aromatic heterocycles. The zero-order valence-corrected chi connectivity index (χ0v) is 5.74. The van der Waals surface area contributed by atoms with Crippen molar-refractivity contribution < 1.29 is 0 Å². The Morgan fingerprint density at radius 2 is 2.22 bits per heavy atom. The summed E-state index contributed by atoms with van der Waals surface area (Å²) in [6.07, 6.45) is 4.16. The summed E-state index contributed by atoms with van der Waals surface area (Å²) in [5.74, 6) is 0. The first-order valence-electron chi connectivity index (χ1n) is 2.83. The number of fused-ring (bicyclic) bond motifs is 1. The Balaban J connectivity index is 2.73. The summed E-state index contributed by atoms with van der Waals surface area (Å²) < 4.78 is 0. The zero-order valence-electron chi connectivity index (χ0n) is 4.92. The van der Waals surface area contributed by atoms with Crippen molar-refractivity contribution in [3.63, 3.8) is 0 Å². The maximum Gasteiger partial charge on any atom is 0.0409 e. The molecule has 44 valence electrons. The Kier molecular flexibility index (Phi) is 0.878. The lowest BCUT2D eigenvalue weighted by atomic mass is 10.3. The molecule has 1 aliphatic carbocycles. The molecular weight excluding hydrogens is 128 g/mol. The van der Waals surface area contributed by atoms with E-state index in [9.17, 15) is 0 Å². The Labute approximate surface area is 58.1 Å². The molecule has 0 saturated heterocycles. The van der Waals surface area contributed by atoms with Crippen molar-refractivity contribution in [2.75, 3.05) is 0 Å². The maximum absolute atomic E-state index is 3.89. The van der Waals surface area contributed by atoms with Gasteiger partial charge in [-0.2, -0.15) is 0 Å². The summed E-state index contributed by atoms with van der Waals surface area (Å²) in [6, 6.07) is 2.12. The molecule has 1 aromatic rings. The van der Waals surface area contributed by atoms with Crippen LogP contribution in [0.3, 0.4) is 0 Å². The minimum atomic E-state index is 1.15. The highest BCUT2D eigenvalue weighted by Crippen LogP contribution is 2.31. The van der Waals surface area contributed by atoms with Crippen LogP contribution in [0.4, 0.5) is 0 Å². The molecule has 0 N–H and O–H groups in total. The van der Waals surface area contributed by atoms with E-state index in [1.165, 1.54) is 10.4 Å². The topological polar surface area (TPSA) is 0 Å². The summed E-state index contributed by atoms with van der Waals surface area (Å²) in [5, 5.41) is 2.10. The summed E-state index contributed by atoms with van der Waals surface area (Å²) in [4.78, 5) is 1.33. The van der Waals surface area contributed by atoms with Crippen molar-refractivity contribution in [3.8, 4) is 0 Å². The van der Waals surface area contributed by atoms with E-state index in [0.717, 1.165) is 5.57 Å². The first-order valence-corrected chi connectivity index (χ1v) is 3.71. The fourth-order valence-corrected chi connectivity index (χ4v) is 1.82. The van der Waals surface area contributed by atoms with Gasteiger partial charge >= 0.3 is 0 Å². The predicted octanol–water partition coefficient (Wildman–Crippen LogP) is 2.79. The van der Waals surface area contributed by atoms with Crippen LogP contribution in [0.15, 0.2) is 24.1 Å². The van der Waals surface area contributed by atoms with Gasteiger partial charge in [-0.15, -0.1) is 11.3 Å². The van der Waals surface area contributed by atoms with Crippen molar-refractivity contribution in [1.82, 2.24) is 0 Å². The molecule has 2 rings (SSSR count). The number of thiophene rings is 1. The van der Waals surface area contributed by atoms with Crippen LogP contribution < -0.4 is 0 Å². The lowest BCUT2D eigenvalue weighted by Gasteiger charge is -1.85. The summed E-state index contributed by atoms with van der Waals surface area (Å²) in [6.45, 7) is 3.89. The molecule has 0 radical (unpaired) electrons. The van der Waals surface area contributed by atoms with E-state index >= 15 is 0 Å². The van der Waals surface area contributed by atoms with E-state index in [1.807, 2.05) is 0 Å². The average molecular weight is 134 g/mol. The Morgan fingerprint density at radius 1 is 1.33 bits per heavy atom. The zero-order chi connectivity index (χ0) is 6.27. The molecule has 0 aliphatic heterocycles. The van der Waals surface area contributed by atoms with Crippen LogP contribution >= 0.6 is 11.3 Å². The van der Waals surface area contributed by atoms with Gasteiger partial charge in [-0.25, -0.2) is 0 Å². The highest BCUT2D eigenvalue weighted by molar-refractivity contribution is 7.11. The molecule has 0 saturated carbocycles. The van der Waals surface area contributed by atoms with Gasteiger partial charge in [0.2, 0.25) is 0 Å². The van der Waals surface area contributed by atoms with Gasteiger partial charge in [-0.3, -0.25) is 0 Å². The number of hydrogen-bond donors (Lipinski definition) is 0. The minimum Gasteiger partial charge on any atom is -0.143 e. The first kappa shape index (κ1) is 5.00. The van der Waals surface area contributed by atoms with Crippen molar-refractivity contribution in [1.29, 1.82) is 0 Å². The molecule has 1 heteroatoms. The summed E-state index contributed by atoms with van der Waals surface area (Å²) >= 11 is 1.76. The van der Waals surface area contributed by atoms with Crippen LogP contribution in [-0.2, 0) is 0 Å². The van der Waals surface area contributed by atoms with Crippen LogP contribution in [0.5, 0.6) is 0 Å². The minimum absolute atomic E-state index is 1.15. The highest BCUT2D eigenvalue weighted by atomic mass is 32.1. The lowest BCUT2D eigenvalue weighted by Crippen LogP contribution is -1.63. The predicted molar refractivity (Wildman–Crippen MR) is 42.4 cm³/mol. The summed E-state index contributed by atoms with van der Waals surface area (Å²) in [7, 11) is 0. The Hall–Kier alpha value is -0.820. The quantitative estimate of drug-likeness (QED) is 0.512. The van der Waals surface area contributed by atoms with Crippen molar-refractivity contribution in [2.24, 2.45) is 0 Å². The second-order valence-corrected chi connectivity index (χ2v) is 2.98. The van der Waals surface area contributed by atoms with Crippen LogP contribution in [0, 0.1) is 0 Å². The second-order valence-electron chi connectivity index (χ2n) is 2.06. The fourth-order valence-electron chi connectivity index (χ4n) is 0.977. The average Bonchev–Trinajstić information content (AvgIpc) is 2.35. The molecule has 0 aromatic carbocycles. The maximum atomic E-state index is 3.89. The van der Waals surface area contributed by atoms with Gasteiger partial charge in [0.1, 0.15) is 0 Å². The fraction of sp³-hybridized carbons (Fsp3) is 0. The molecule has 9 heavy (non-hydrogen) atoms. The first-order chi connectivity index (χ1) is 4.38. The van der Waals surface area contributed by atoms with Crippen molar-refractivity contribution in [3.05, 3.63) is 34.5 Å². The van der Waals surface area contributed by atoms with E-state index < -0.39 is 0 Å². The van der Waals surface area contributed by atoms with Crippen LogP contribution in [0.2, 0.25) is 0 Å². The number of hydrogen-bond acceptors (Lipinski definition) is 1. The van der Waals surface area contributed by atoms with Crippen molar-refractivity contribution >= 4 is 23.0 Å². The monoisotopic (exact) mass is 134 g/mol. The molecule has 1 aliphatic rings. The number of rotatable bonds is 0. The van der Waals surface area contributed by atoms with E-state index in [4.69, 9.17) is 0 Å². The molecule has 0 fully saturated rings. The highest BCUT2D eigenvalue weighted by Gasteiger charge is 2.07.